The van der Waals surface area contributed by atoms with E-state index in [-0.39, 0.29) is 18.0 Å². The van der Waals surface area contributed by atoms with E-state index < -0.39 is 0 Å². The van der Waals surface area contributed by atoms with Crippen molar-refractivity contribution in [2.45, 2.75) is 59.5 Å². The van der Waals surface area contributed by atoms with Gasteiger partial charge in [0.25, 0.3) is 0 Å². The summed E-state index contributed by atoms with van der Waals surface area (Å²) in [6, 6.07) is 0.0374. The summed E-state index contributed by atoms with van der Waals surface area (Å²) < 4.78 is 1.92. The highest BCUT2D eigenvalue weighted by molar-refractivity contribution is 5.80. The fourth-order valence-electron chi connectivity index (χ4n) is 1.90. The topological polar surface area (TPSA) is 46.9 Å². The van der Waals surface area contributed by atoms with E-state index in [1.807, 2.05) is 32.3 Å². The van der Waals surface area contributed by atoms with Gasteiger partial charge in [0, 0.05) is 11.7 Å². The van der Waals surface area contributed by atoms with E-state index in [9.17, 15) is 4.79 Å². The summed E-state index contributed by atoms with van der Waals surface area (Å²) in [4.78, 5) is 16.2. The van der Waals surface area contributed by atoms with E-state index in [0.29, 0.717) is 0 Å². The van der Waals surface area contributed by atoms with Gasteiger partial charge in [-0.15, -0.1) is 0 Å². The van der Waals surface area contributed by atoms with Gasteiger partial charge >= 0.3 is 0 Å². The van der Waals surface area contributed by atoms with Crippen molar-refractivity contribution in [3.05, 3.63) is 17.7 Å². The number of hydrogen-bond donors (Lipinski definition) is 1. The molecule has 4 nitrogen and oxygen atoms in total. The van der Waals surface area contributed by atoms with Gasteiger partial charge in [0.15, 0.2) is 0 Å². The second-order valence-electron chi connectivity index (χ2n) is 4.70. The van der Waals surface area contributed by atoms with Crippen molar-refractivity contribution in [2.75, 3.05) is 0 Å². The Kier molecular flexibility index (Phi) is 4.73. The molecule has 1 N–H and O–H groups in total. The number of imidazole rings is 1. The number of nitrogens with one attached hydrogen (secondary N) is 1. The van der Waals surface area contributed by atoms with Crippen molar-refractivity contribution >= 4 is 5.91 Å². The molecule has 2 unspecified atom stereocenters. The van der Waals surface area contributed by atoms with Gasteiger partial charge in [0.05, 0.1) is 12.0 Å². The molecule has 2 atom stereocenters. The largest absolute Gasteiger partial charge is 0.352 e. The monoisotopic (exact) mass is 237 g/mol. The van der Waals surface area contributed by atoms with Crippen LogP contribution in [0.15, 0.2) is 6.33 Å². The molecule has 0 bridgehead atoms. The van der Waals surface area contributed by atoms with Crippen molar-refractivity contribution in [1.82, 2.24) is 14.9 Å². The fraction of sp³-hybridized carbons (Fsp3) is 0.692. The van der Waals surface area contributed by atoms with E-state index in [4.69, 9.17) is 0 Å². The molecule has 1 aromatic heterocycles. The number of aryl methyl sites for hydroxylation is 1. The first kappa shape index (κ1) is 13.7. The van der Waals surface area contributed by atoms with Crippen LogP contribution in [0, 0.1) is 13.8 Å². The summed E-state index contributed by atoms with van der Waals surface area (Å²) in [5.74, 6) is 0.0615. The number of carbonyl (C=O) groups is 1. The van der Waals surface area contributed by atoms with Crippen LogP contribution in [0.4, 0.5) is 0 Å². The molecule has 17 heavy (non-hydrogen) atoms. The van der Waals surface area contributed by atoms with Crippen molar-refractivity contribution in [3.63, 3.8) is 0 Å². The lowest BCUT2D eigenvalue weighted by molar-refractivity contribution is -0.124. The number of aromatic nitrogens is 2. The van der Waals surface area contributed by atoms with Gasteiger partial charge in [-0.05, 0) is 34.1 Å². The van der Waals surface area contributed by atoms with Crippen LogP contribution in [0.1, 0.15) is 51.0 Å². The van der Waals surface area contributed by atoms with Crippen molar-refractivity contribution < 1.29 is 4.79 Å². The lowest BCUT2D eigenvalue weighted by Crippen LogP contribution is -2.37. The Bertz CT molecular complexity index is 384. The third-order valence-electron chi connectivity index (χ3n) is 3.19. The van der Waals surface area contributed by atoms with Crippen LogP contribution >= 0.6 is 0 Å². The SMILES string of the molecule is CCCC(C)NC(=O)C(C)n1cnc(C)c1C. The molecule has 0 saturated heterocycles. The van der Waals surface area contributed by atoms with E-state index in [0.717, 1.165) is 24.2 Å². The Morgan fingerprint density at radius 3 is 2.59 bits per heavy atom. The molecule has 1 amide bonds. The van der Waals surface area contributed by atoms with Crippen LogP contribution in [0.3, 0.4) is 0 Å². The first-order valence-corrected chi connectivity index (χ1v) is 6.27. The summed E-state index contributed by atoms with van der Waals surface area (Å²) in [5, 5.41) is 3.03. The predicted molar refractivity (Wildman–Crippen MR) is 68.9 cm³/mol. The lowest BCUT2D eigenvalue weighted by atomic mass is 10.2. The Balaban J connectivity index is 2.67. The number of nitrogens with zero attached hydrogens (tertiary/aromatic N) is 2. The maximum Gasteiger partial charge on any atom is 0.243 e. The highest BCUT2D eigenvalue weighted by Gasteiger charge is 2.18. The van der Waals surface area contributed by atoms with Crippen LogP contribution in [0.2, 0.25) is 0 Å². The molecular formula is C13H23N3O. The molecule has 0 spiro atoms. The van der Waals surface area contributed by atoms with E-state index in [1.165, 1.54) is 0 Å². The maximum absolute atomic E-state index is 12.0. The lowest BCUT2D eigenvalue weighted by Gasteiger charge is -2.19. The Morgan fingerprint density at radius 1 is 1.47 bits per heavy atom. The smallest absolute Gasteiger partial charge is 0.243 e. The summed E-state index contributed by atoms with van der Waals surface area (Å²) in [6.45, 7) is 10.0. The summed E-state index contributed by atoms with van der Waals surface area (Å²) in [6.07, 6.45) is 3.83. The van der Waals surface area contributed by atoms with Gasteiger partial charge in [-0.3, -0.25) is 4.79 Å². The van der Waals surface area contributed by atoms with Gasteiger partial charge in [0.2, 0.25) is 5.91 Å². The average Bonchev–Trinajstić information content (AvgIpc) is 2.59. The minimum Gasteiger partial charge on any atom is -0.352 e. The van der Waals surface area contributed by atoms with Crippen LogP contribution < -0.4 is 5.32 Å². The summed E-state index contributed by atoms with van der Waals surface area (Å²) in [7, 11) is 0. The molecule has 0 aromatic carbocycles. The quantitative estimate of drug-likeness (QED) is 0.854. The predicted octanol–water partition coefficient (Wildman–Crippen LogP) is 2.37. The van der Waals surface area contributed by atoms with Crippen molar-refractivity contribution in [3.8, 4) is 0 Å². The minimum absolute atomic E-state index is 0.0615. The summed E-state index contributed by atoms with van der Waals surface area (Å²) >= 11 is 0. The molecule has 4 heteroatoms. The molecule has 0 aliphatic rings. The maximum atomic E-state index is 12.0. The van der Waals surface area contributed by atoms with Gasteiger partial charge < -0.3 is 9.88 Å². The number of hydrogen-bond acceptors (Lipinski definition) is 2. The normalized spacial score (nSPS) is 14.4. The second kappa shape index (κ2) is 5.84. The van der Waals surface area contributed by atoms with E-state index >= 15 is 0 Å². The number of amides is 1. The highest BCUT2D eigenvalue weighted by atomic mass is 16.2. The van der Waals surface area contributed by atoms with Crippen molar-refractivity contribution in [1.29, 1.82) is 0 Å². The molecule has 0 aliphatic heterocycles. The van der Waals surface area contributed by atoms with Crippen LogP contribution in [0.25, 0.3) is 0 Å². The Labute approximate surface area is 103 Å². The first-order chi connectivity index (χ1) is 7.97. The van der Waals surface area contributed by atoms with Crippen LogP contribution in [0.5, 0.6) is 0 Å². The molecule has 1 aromatic rings. The minimum atomic E-state index is -0.199. The second-order valence-corrected chi connectivity index (χ2v) is 4.70. The molecular weight excluding hydrogens is 214 g/mol. The Morgan fingerprint density at radius 2 is 2.12 bits per heavy atom. The molecule has 0 saturated carbocycles. The molecule has 0 aliphatic carbocycles. The standard InChI is InChI=1S/C13H23N3O/c1-6-7-9(2)15-13(17)12(5)16-8-14-10(3)11(16)4/h8-9,12H,6-7H2,1-5H3,(H,15,17). The fourth-order valence-corrected chi connectivity index (χ4v) is 1.90. The molecule has 96 valence electrons. The zero-order valence-electron chi connectivity index (χ0n) is 11.4. The van der Waals surface area contributed by atoms with Gasteiger partial charge in [0.1, 0.15) is 6.04 Å². The third-order valence-corrected chi connectivity index (χ3v) is 3.19. The Hall–Kier alpha value is -1.32. The summed E-state index contributed by atoms with van der Waals surface area (Å²) in [5.41, 5.74) is 2.03. The number of carbonyl (C=O) groups excluding carboxylic acids is 1. The first-order valence-electron chi connectivity index (χ1n) is 6.27. The number of rotatable bonds is 5. The zero-order valence-corrected chi connectivity index (χ0v) is 11.4. The molecule has 0 radical (unpaired) electrons. The van der Waals surface area contributed by atoms with E-state index in [1.54, 1.807) is 6.33 Å². The van der Waals surface area contributed by atoms with Crippen molar-refractivity contribution in [2.24, 2.45) is 0 Å². The van der Waals surface area contributed by atoms with Gasteiger partial charge in [-0.25, -0.2) is 4.98 Å². The molecule has 1 rings (SSSR count). The van der Waals surface area contributed by atoms with Gasteiger partial charge in [-0.2, -0.15) is 0 Å². The third kappa shape index (κ3) is 3.32. The average molecular weight is 237 g/mol. The molecule has 1 heterocycles. The zero-order chi connectivity index (χ0) is 13.0. The van der Waals surface area contributed by atoms with Gasteiger partial charge in [-0.1, -0.05) is 13.3 Å². The highest BCUT2D eigenvalue weighted by Crippen LogP contribution is 2.13. The van der Waals surface area contributed by atoms with E-state index in [2.05, 4.69) is 17.2 Å². The van der Waals surface area contributed by atoms with Crippen LogP contribution in [-0.2, 0) is 4.79 Å². The molecule has 0 fully saturated rings. The van der Waals surface area contributed by atoms with Crippen LogP contribution in [-0.4, -0.2) is 21.5 Å².